The van der Waals surface area contributed by atoms with Crippen LogP contribution in [0.15, 0.2) is 30.5 Å². The number of anilines is 1. The number of benzene rings is 1. The molecule has 0 bridgehead atoms. The number of hydrogen-bond donors (Lipinski definition) is 1. The van der Waals surface area contributed by atoms with Crippen LogP contribution >= 0.6 is 0 Å². The van der Waals surface area contributed by atoms with Crippen molar-refractivity contribution in [3.05, 3.63) is 40.6 Å². The number of nitrogens with zero attached hydrogens (tertiary/aromatic N) is 3. The fraction of sp³-hybridized carbons (Fsp3) is 0.286. The Kier molecular flexibility index (Phi) is 4.75. The first-order valence-corrected chi connectivity index (χ1v) is 7.37. The Balaban J connectivity index is 1.54. The molecule has 0 saturated carbocycles. The average Bonchev–Trinajstić information content (AvgIpc) is 2.99. The van der Waals surface area contributed by atoms with E-state index in [1.165, 1.54) is 16.7 Å². The van der Waals surface area contributed by atoms with E-state index in [9.17, 15) is 28.1 Å². The maximum Gasteiger partial charge on any atom is 0.573 e. The normalized spacial score (nSPS) is 16.0. The Bertz CT molecular complexity index is 852. The summed E-state index contributed by atoms with van der Waals surface area (Å²) < 4.78 is 51.7. The molecule has 1 N–H and O–H groups in total. The SMILES string of the molecule is O=C(Nc1ccc(OC(F)(F)F)cc1)O[C@@H]1COc2nc([N+](=O)[O-])cn2C1. The molecule has 2 aromatic rings. The van der Waals surface area contributed by atoms with Gasteiger partial charge in [0.25, 0.3) is 0 Å². The highest BCUT2D eigenvalue weighted by Gasteiger charge is 2.31. The molecule has 13 heteroatoms. The summed E-state index contributed by atoms with van der Waals surface area (Å²) in [6, 6.07) is 4.52. The molecule has 2 heterocycles. The molecule has 0 spiro atoms. The monoisotopic (exact) mass is 388 g/mol. The summed E-state index contributed by atoms with van der Waals surface area (Å²) in [5.74, 6) is -0.826. The minimum atomic E-state index is -4.81. The highest BCUT2D eigenvalue weighted by molar-refractivity contribution is 5.84. The van der Waals surface area contributed by atoms with Gasteiger partial charge in [0.1, 0.15) is 18.6 Å². The Morgan fingerprint density at radius 1 is 1.37 bits per heavy atom. The van der Waals surface area contributed by atoms with Crippen molar-refractivity contribution in [2.75, 3.05) is 11.9 Å². The number of carbonyl (C=O) groups excluding carboxylic acids is 1. The van der Waals surface area contributed by atoms with Gasteiger partial charge in [-0.2, -0.15) is 0 Å². The predicted octanol–water partition coefficient (Wildman–Crippen LogP) is 2.70. The van der Waals surface area contributed by atoms with Crippen molar-refractivity contribution in [3.8, 4) is 11.8 Å². The number of nitrogens with one attached hydrogen (secondary N) is 1. The van der Waals surface area contributed by atoms with E-state index in [-0.39, 0.29) is 24.8 Å². The molecule has 0 saturated heterocycles. The van der Waals surface area contributed by atoms with E-state index in [0.29, 0.717) is 0 Å². The van der Waals surface area contributed by atoms with Crippen LogP contribution in [0.25, 0.3) is 0 Å². The van der Waals surface area contributed by atoms with Crippen LogP contribution in [0.2, 0.25) is 0 Å². The third-order valence-corrected chi connectivity index (χ3v) is 3.32. The number of imidazole rings is 1. The van der Waals surface area contributed by atoms with Crippen molar-refractivity contribution in [2.45, 2.75) is 19.0 Å². The van der Waals surface area contributed by atoms with Crippen molar-refractivity contribution in [1.29, 1.82) is 0 Å². The molecule has 0 radical (unpaired) electrons. The maximum absolute atomic E-state index is 12.1. The average molecular weight is 388 g/mol. The van der Waals surface area contributed by atoms with Crippen LogP contribution in [0.5, 0.6) is 11.8 Å². The van der Waals surface area contributed by atoms with Gasteiger partial charge in [-0.25, -0.2) is 4.79 Å². The number of ether oxygens (including phenoxy) is 3. The fourth-order valence-electron chi connectivity index (χ4n) is 2.27. The van der Waals surface area contributed by atoms with E-state index in [4.69, 9.17) is 9.47 Å². The van der Waals surface area contributed by atoms with Gasteiger partial charge in [-0.05, 0) is 29.2 Å². The van der Waals surface area contributed by atoms with E-state index in [2.05, 4.69) is 15.0 Å². The fourth-order valence-corrected chi connectivity index (χ4v) is 2.27. The zero-order chi connectivity index (χ0) is 19.6. The standard InChI is InChI=1S/C14H11F3N4O6/c15-14(16,17)27-9-3-1-8(2-4-9)18-13(22)26-10-5-20-6-11(21(23)24)19-12(20)25-7-10/h1-4,6,10H,5,7H2,(H,18,22)/t10-/m0/s1. The largest absolute Gasteiger partial charge is 0.573 e. The number of aromatic nitrogens is 2. The number of halogens is 3. The van der Waals surface area contributed by atoms with E-state index >= 15 is 0 Å². The van der Waals surface area contributed by atoms with Gasteiger partial charge in [0.2, 0.25) is 0 Å². The molecular weight excluding hydrogens is 377 g/mol. The van der Waals surface area contributed by atoms with E-state index in [1.54, 1.807) is 0 Å². The summed E-state index contributed by atoms with van der Waals surface area (Å²) in [5, 5.41) is 13.0. The minimum absolute atomic E-state index is 0.0437. The van der Waals surface area contributed by atoms with Gasteiger partial charge in [0.05, 0.1) is 6.54 Å². The van der Waals surface area contributed by atoms with Crippen molar-refractivity contribution < 1.29 is 37.1 Å². The Labute approximate surface area is 148 Å². The first kappa shape index (κ1) is 18.3. The molecule has 1 aliphatic rings. The lowest BCUT2D eigenvalue weighted by molar-refractivity contribution is -0.389. The van der Waals surface area contributed by atoms with E-state index < -0.39 is 35.1 Å². The van der Waals surface area contributed by atoms with Crippen LogP contribution < -0.4 is 14.8 Å². The highest BCUT2D eigenvalue weighted by Crippen LogP contribution is 2.25. The summed E-state index contributed by atoms with van der Waals surface area (Å²) in [7, 11) is 0. The quantitative estimate of drug-likeness (QED) is 0.632. The van der Waals surface area contributed by atoms with Crippen LogP contribution in [0.1, 0.15) is 0 Å². The molecule has 3 rings (SSSR count). The van der Waals surface area contributed by atoms with Gasteiger partial charge in [0, 0.05) is 10.7 Å². The van der Waals surface area contributed by atoms with Crippen LogP contribution in [0.3, 0.4) is 0 Å². The number of alkyl halides is 3. The van der Waals surface area contributed by atoms with Crippen LogP contribution in [0.4, 0.5) is 29.5 Å². The minimum Gasteiger partial charge on any atom is -0.442 e. The molecule has 27 heavy (non-hydrogen) atoms. The second-order valence-electron chi connectivity index (χ2n) is 5.33. The second kappa shape index (κ2) is 7.01. The third-order valence-electron chi connectivity index (χ3n) is 3.32. The van der Waals surface area contributed by atoms with Crippen LogP contribution in [-0.2, 0) is 11.3 Å². The lowest BCUT2D eigenvalue weighted by Gasteiger charge is -2.22. The smallest absolute Gasteiger partial charge is 0.442 e. The molecule has 0 aliphatic carbocycles. The zero-order valence-corrected chi connectivity index (χ0v) is 13.3. The van der Waals surface area contributed by atoms with Crippen molar-refractivity contribution >= 4 is 17.6 Å². The summed E-state index contributed by atoms with van der Waals surface area (Å²) in [4.78, 5) is 25.6. The van der Waals surface area contributed by atoms with Crippen molar-refractivity contribution in [1.82, 2.24) is 9.55 Å². The molecule has 0 unspecified atom stereocenters. The molecule has 1 atom stereocenters. The highest BCUT2D eigenvalue weighted by atomic mass is 19.4. The van der Waals surface area contributed by atoms with Gasteiger partial charge in [-0.1, -0.05) is 0 Å². The van der Waals surface area contributed by atoms with Gasteiger partial charge < -0.3 is 24.3 Å². The third kappa shape index (κ3) is 4.77. The first-order valence-electron chi connectivity index (χ1n) is 7.37. The molecule has 0 fully saturated rings. The first-order chi connectivity index (χ1) is 12.7. The summed E-state index contributed by atoms with van der Waals surface area (Å²) in [6.07, 6.45) is -5.26. The summed E-state index contributed by atoms with van der Waals surface area (Å²) in [5.41, 5.74) is 0.185. The Morgan fingerprint density at radius 2 is 2.07 bits per heavy atom. The number of hydrogen-bond acceptors (Lipinski definition) is 7. The molecule has 10 nitrogen and oxygen atoms in total. The molecular formula is C14H11F3N4O6. The van der Waals surface area contributed by atoms with Gasteiger partial charge in [0.15, 0.2) is 6.10 Å². The lowest BCUT2D eigenvalue weighted by Crippen LogP contribution is -2.35. The summed E-state index contributed by atoms with van der Waals surface area (Å²) in [6.45, 7) is 0.0436. The second-order valence-corrected chi connectivity index (χ2v) is 5.33. The molecule has 144 valence electrons. The number of fused-ring (bicyclic) bond motifs is 1. The van der Waals surface area contributed by atoms with E-state index in [0.717, 1.165) is 18.3 Å². The predicted molar refractivity (Wildman–Crippen MR) is 81.4 cm³/mol. The summed E-state index contributed by atoms with van der Waals surface area (Å²) >= 11 is 0. The van der Waals surface area contributed by atoms with E-state index in [1.807, 2.05) is 0 Å². The zero-order valence-electron chi connectivity index (χ0n) is 13.3. The molecule has 1 aromatic heterocycles. The molecule has 1 aromatic carbocycles. The van der Waals surface area contributed by atoms with Crippen LogP contribution in [-0.4, -0.2) is 39.6 Å². The van der Waals surface area contributed by atoms with Gasteiger partial charge >= 0.3 is 24.3 Å². The topological polar surface area (TPSA) is 118 Å². The number of nitro groups is 1. The Hall–Kier alpha value is -3.51. The molecule has 1 amide bonds. The molecule has 1 aliphatic heterocycles. The lowest BCUT2D eigenvalue weighted by atomic mass is 10.3. The Morgan fingerprint density at radius 3 is 2.70 bits per heavy atom. The number of carbonyl (C=O) groups is 1. The van der Waals surface area contributed by atoms with Crippen LogP contribution in [0, 0.1) is 10.1 Å². The van der Waals surface area contributed by atoms with Crippen molar-refractivity contribution in [3.63, 3.8) is 0 Å². The maximum atomic E-state index is 12.1. The van der Waals surface area contributed by atoms with Crippen molar-refractivity contribution in [2.24, 2.45) is 0 Å². The van der Waals surface area contributed by atoms with Gasteiger partial charge in [-0.3, -0.25) is 9.88 Å². The van der Waals surface area contributed by atoms with Gasteiger partial charge in [-0.15, -0.1) is 13.2 Å². The number of rotatable bonds is 4. The number of amides is 1.